The molecule has 2 aromatic carbocycles. The Balaban J connectivity index is 1.40. The third-order valence-corrected chi connectivity index (χ3v) is 8.01. The lowest BCUT2D eigenvalue weighted by Crippen LogP contribution is -2.16. The van der Waals surface area contributed by atoms with Gasteiger partial charge < -0.3 is 15.4 Å². The van der Waals surface area contributed by atoms with Crippen LogP contribution in [0.5, 0.6) is 0 Å². The lowest BCUT2D eigenvalue weighted by molar-refractivity contribution is -0.113. The highest BCUT2D eigenvalue weighted by Crippen LogP contribution is 2.38. The maximum Gasteiger partial charge on any atom is 0.341 e. The van der Waals surface area contributed by atoms with Crippen LogP contribution in [0.4, 0.5) is 10.7 Å². The van der Waals surface area contributed by atoms with Crippen molar-refractivity contribution in [2.24, 2.45) is 0 Å². The van der Waals surface area contributed by atoms with Gasteiger partial charge >= 0.3 is 5.97 Å². The summed E-state index contributed by atoms with van der Waals surface area (Å²) >= 11 is 2.86. The van der Waals surface area contributed by atoms with Gasteiger partial charge in [0.05, 0.1) is 18.4 Å². The smallest absolute Gasteiger partial charge is 0.341 e. The predicted octanol–water partition coefficient (Wildman–Crippen LogP) is 6.10. The standard InChI is InChI=1S/C27H28N2O4S2/c1-17-8-6-9-18(14-17)25(31)28-19-10-7-11-20(15-19)34-16-23(30)29-26-24(27(32)33-2)21-12-4-3-5-13-22(21)35-26/h6-11,14-15H,3-5,12-13,16H2,1-2H3,(H,28,31)(H,29,30). The first-order valence-electron chi connectivity index (χ1n) is 11.6. The molecule has 35 heavy (non-hydrogen) atoms. The summed E-state index contributed by atoms with van der Waals surface area (Å²) in [7, 11) is 1.37. The monoisotopic (exact) mass is 508 g/mol. The van der Waals surface area contributed by atoms with Crippen molar-refractivity contribution >= 4 is 51.6 Å². The summed E-state index contributed by atoms with van der Waals surface area (Å²) in [5.41, 5.74) is 3.81. The number of ether oxygens (including phenoxy) is 1. The molecule has 0 unspecified atom stereocenters. The quantitative estimate of drug-likeness (QED) is 0.229. The van der Waals surface area contributed by atoms with E-state index in [4.69, 9.17) is 4.74 Å². The van der Waals surface area contributed by atoms with E-state index in [1.54, 1.807) is 6.07 Å². The van der Waals surface area contributed by atoms with Crippen molar-refractivity contribution < 1.29 is 19.1 Å². The number of amides is 2. The van der Waals surface area contributed by atoms with Crippen molar-refractivity contribution in [1.29, 1.82) is 0 Å². The molecule has 0 fully saturated rings. The zero-order valence-electron chi connectivity index (χ0n) is 19.8. The van der Waals surface area contributed by atoms with Gasteiger partial charge in [0.2, 0.25) is 5.91 Å². The topological polar surface area (TPSA) is 84.5 Å². The third-order valence-electron chi connectivity index (χ3n) is 5.81. The van der Waals surface area contributed by atoms with Crippen molar-refractivity contribution in [2.45, 2.75) is 43.9 Å². The first kappa shape index (κ1) is 25.0. The Morgan fingerprint density at radius 1 is 1.00 bits per heavy atom. The Kier molecular flexibility index (Phi) is 8.25. The number of hydrogen-bond acceptors (Lipinski definition) is 6. The van der Waals surface area contributed by atoms with Crippen LogP contribution in [0.1, 0.15) is 56.0 Å². The SMILES string of the molecule is COC(=O)c1c(NC(=O)CSc2cccc(NC(=O)c3cccc(C)c3)c2)sc2c1CCCCC2. The van der Waals surface area contributed by atoms with E-state index in [1.165, 1.54) is 35.1 Å². The molecule has 2 amide bonds. The van der Waals surface area contributed by atoms with Crippen LogP contribution in [0.25, 0.3) is 0 Å². The van der Waals surface area contributed by atoms with Gasteiger partial charge in [0.15, 0.2) is 0 Å². The molecule has 1 aromatic heterocycles. The van der Waals surface area contributed by atoms with Gasteiger partial charge in [-0.3, -0.25) is 9.59 Å². The molecule has 1 heterocycles. The lowest BCUT2D eigenvalue weighted by atomic mass is 10.1. The number of esters is 1. The van der Waals surface area contributed by atoms with Gasteiger partial charge in [-0.1, -0.05) is 30.2 Å². The molecule has 8 heteroatoms. The molecule has 0 saturated heterocycles. The van der Waals surface area contributed by atoms with Gasteiger partial charge in [0.25, 0.3) is 5.91 Å². The van der Waals surface area contributed by atoms with Gasteiger partial charge in [-0.2, -0.15) is 0 Å². The molecule has 182 valence electrons. The highest BCUT2D eigenvalue weighted by atomic mass is 32.2. The van der Waals surface area contributed by atoms with E-state index >= 15 is 0 Å². The third kappa shape index (κ3) is 6.32. The van der Waals surface area contributed by atoms with E-state index in [9.17, 15) is 14.4 Å². The lowest BCUT2D eigenvalue weighted by Gasteiger charge is -2.09. The van der Waals surface area contributed by atoms with Gasteiger partial charge in [-0.15, -0.1) is 23.1 Å². The summed E-state index contributed by atoms with van der Waals surface area (Å²) in [6.45, 7) is 1.94. The molecule has 4 rings (SSSR count). The summed E-state index contributed by atoms with van der Waals surface area (Å²) in [6.07, 6.45) is 5.03. The fourth-order valence-corrected chi connectivity index (χ4v) is 6.16. The van der Waals surface area contributed by atoms with E-state index in [-0.39, 0.29) is 17.6 Å². The van der Waals surface area contributed by atoms with Crippen molar-refractivity contribution in [3.05, 3.63) is 75.7 Å². The molecule has 0 bridgehead atoms. The number of methoxy groups -OCH3 is 1. The molecule has 0 spiro atoms. The largest absolute Gasteiger partial charge is 0.465 e. The van der Waals surface area contributed by atoms with E-state index in [0.29, 0.717) is 21.8 Å². The Morgan fingerprint density at radius 3 is 2.60 bits per heavy atom. The zero-order chi connectivity index (χ0) is 24.8. The second-order valence-electron chi connectivity index (χ2n) is 8.45. The molecule has 1 aliphatic rings. The number of aryl methyl sites for hydroxylation is 2. The van der Waals surface area contributed by atoms with Gasteiger partial charge in [0, 0.05) is 21.0 Å². The maximum absolute atomic E-state index is 12.8. The van der Waals surface area contributed by atoms with Crippen LogP contribution < -0.4 is 10.6 Å². The molecule has 1 aliphatic carbocycles. The minimum absolute atomic E-state index is 0.179. The second-order valence-corrected chi connectivity index (χ2v) is 10.6. The van der Waals surface area contributed by atoms with Crippen molar-refractivity contribution in [3.8, 4) is 0 Å². The maximum atomic E-state index is 12.8. The first-order chi connectivity index (χ1) is 16.9. The Labute approximate surface area is 213 Å². The van der Waals surface area contributed by atoms with Crippen LogP contribution in [0.2, 0.25) is 0 Å². The van der Waals surface area contributed by atoms with Crippen LogP contribution in [0.3, 0.4) is 0 Å². The van der Waals surface area contributed by atoms with Crippen LogP contribution in [-0.2, 0) is 22.4 Å². The molecular weight excluding hydrogens is 480 g/mol. The van der Waals surface area contributed by atoms with Crippen LogP contribution in [0, 0.1) is 6.92 Å². The summed E-state index contributed by atoms with van der Waals surface area (Å²) in [5, 5.41) is 6.42. The first-order valence-corrected chi connectivity index (χ1v) is 13.4. The summed E-state index contributed by atoms with van der Waals surface area (Å²) < 4.78 is 5.01. The molecule has 0 saturated carbocycles. The molecule has 6 nitrogen and oxygen atoms in total. The highest BCUT2D eigenvalue weighted by molar-refractivity contribution is 8.00. The van der Waals surface area contributed by atoms with E-state index in [0.717, 1.165) is 48.1 Å². The van der Waals surface area contributed by atoms with E-state index < -0.39 is 5.97 Å². The average Bonchev–Trinajstić information content (AvgIpc) is 3.02. The summed E-state index contributed by atoms with van der Waals surface area (Å²) in [6, 6.07) is 14.8. The van der Waals surface area contributed by atoms with Crippen molar-refractivity contribution in [2.75, 3.05) is 23.5 Å². The molecule has 2 N–H and O–H groups in total. The Morgan fingerprint density at radius 2 is 1.80 bits per heavy atom. The minimum Gasteiger partial charge on any atom is -0.465 e. The Hall–Kier alpha value is -3.10. The van der Waals surface area contributed by atoms with Crippen molar-refractivity contribution in [3.63, 3.8) is 0 Å². The van der Waals surface area contributed by atoms with Gasteiger partial charge in [-0.05, 0) is 68.5 Å². The number of thiophene rings is 1. The number of rotatable bonds is 7. The van der Waals surface area contributed by atoms with Crippen LogP contribution in [-0.4, -0.2) is 30.6 Å². The number of anilines is 2. The predicted molar refractivity (Wildman–Crippen MR) is 142 cm³/mol. The van der Waals surface area contributed by atoms with Crippen LogP contribution >= 0.6 is 23.1 Å². The van der Waals surface area contributed by atoms with Crippen molar-refractivity contribution in [1.82, 2.24) is 0 Å². The van der Waals surface area contributed by atoms with E-state index in [2.05, 4.69) is 10.6 Å². The molecular formula is C27H28N2O4S2. The number of fused-ring (bicyclic) bond motifs is 1. The van der Waals surface area contributed by atoms with Gasteiger partial charge in [0.1, 0.15) is 5.00 Å². The second kappa shape index (κ2) is 11.6. The number of carbonyl (C=O) groups excluding carboxylic acids is 3. The normalized spacial score (nSPS) is 12.9. The minimum atomic E-state index is -0.399. The Bertz CT molecular complexity index is 1250. The average molecular weight is 509 g/mol. The number of thioether (sulfide) groups is 1. The number of nitrogens with one attached hydrogen (secondary N) is 2. The zero-order valence-corrected chi connectivity index (χ0v) is 21.4. The fourth-order valence-electron chi connectivity index (χ4n) is 4.11. The number of carbonyl (C=O) groups is 3. The molecule has 0 aliphatic heterocycles. The molecule has 0 atom stereocenters. The van der Waals surface area contributed by atoms with E-state index in [1.807, 2.05) is 49.4 Å². The fraction of sp³-hybridized carbons (Fsp3) is 0.296. The molecule has 0 radical (unpaired) electrons. The summed E-state index contributed by atoms with van der Waals surface area (Å²) in [5.74, 6) is -0.588. The number of hydrogen-bond donors (Lipinski definition) is 2. The highest BCUT2D eigenvalue weighted by Gasteiger charge is 2.26. The van der Waals surface area contributed by atoms with Gasteiger partial charge in [-0.25, -0.2) is 4.79 Å². The number of benzene rings is 2. The summed E-state index contributed by atoms with van der Waals surface area (Å²) in [4.78, 5) is 39.8. The van der Waals surface area contributed by atoms with Crippen LogP contribution in [0.15, 0.2) is 53.4 Å². The molecule has 3 aromatic rings.